The smallest absolute Gasteiger partial charge is 0.146 e. The first-order valence-corrected chi connectivity index (χ1v) is 7.82. The second kappa shape index (κ2) is 6.17. The first kappa shape index (κ1) is 14.6. The number of benzene rings is 2. The average molecular weight is 304 g/mol. The maximum atomic E-state index is 14.3. The molecule has 0 heterocycles. The topological polar surface area (TPSA) is 12.0 Å². The van der Waals surface area contributed by atoms with E-state index in [-0.39, 0.29) is 16.9 Å². The largest absolute Gasteiger partial charge is 0.310 e. The van der Waals surface area contributed by atoms with Crippen LogP contribution < -0.4 is 5.32 Å². The van der Waals surface area contributed by atoms with E-state index in [1.165, 1.54) is 5.56 Å². The van der Waals surface area contributed by atoms with Crippen LogP contribution in [0.5, 0.6) is 0 Å². The van der Waals surface area contributed by atoms with Crippen molar-refractivity contribution in [2.45, 2.75) is 25.3 Å². The molecule has 21 heavy (non-hydrogen) atoms. The fourth-order valence-corrected chi connectivity index (χ4v) is 3.32. The minimum Gasteiger partial charge on any atom is -0.310 e. The van der Waals surface area contributed by atoms with E-state index in [1.54, 1.807) is 6.07 Å². The summed E-state index contributed by atoms with van der Waals surface area (Å²) < 4.78 is 14.3. The Hall–Kier alpha value is -1.38. The first-order valence-electron chi connectivity index (χ1n) is 7.44. The molecule has 3 atom stereocenters. The van der Waals surface area contributed by atoms with Crippen LogP contribution in [0.4, 0.5) is 4.39 Å². The molecule has 1 nitrogen and oxygen atoms in total. The van der Waals surface area contributed by atoms with Gasteiger partial charge in [-0.25, -0.2) is 4.39 Å². The van der Waals surface area contributed by atoms with Gasteiger partial charge < -0.3 is 5.32 Å². The molecule has 0 amide bonds. The minimum absolute atomic E-state index is 0.0268. The van der Waals surface area contributed by atoms with Crippen LogP contribution in [0.3, 0.4) is 0 Å². The van der Waals surface area contributed by atoms with Crippen molar-refractivity contribution in [3.63, 3.8) is 0 Å². The molecule has 0 aliphatic heterocycles. The second-order valence-corrected chi connectivity index (χ2v) is 6.00. The van der Waals surface area contributed by atoms with Gasteiger partial charge in [-0.1, -0.05) is 61.0 Å². The zero-order valence-electron chi connectivity index (χ0n) is 12.0. The molecule has 0 aromatic heterocycles. The molecule has 1 aliphatic carbocycles. The molecule has 1 fully saturated rings. The van der Waals surface area contributed by atoms with Crippen molar-refractivity contribution in [1.29, 1.82) is 0 Å². The van der Waals surface area contributed by atoms with Gasteiger partial charge in [0.05, 0.1) is 5.02 Å². The fourth-order valence-electron chi connectivity index (χ4n) is 3.14. The summed E-state index contributed by atoms with van der Waals surface area (Å²) in [6.07, 6.45) is 1.09. The maximum Gasteiger partial charge on any atom is 0.146 e. The molecule has 2 aromatic carbocycles. The van der Waals surface area contributed by atoms with Crippen LogP contribution in [0.25, 0.3) is 0 Å². The van der Waals surface area contributed by atoms with E-state index in [0.29, 0.717) is 17.4 Å². The van der Waals surface area contributed by atoms with Gasteiger partial charge in [-0.05, 0) is 36.4 Å². The first-order chi connectivity index (χ1) is 10.2. The summed E-state index contributed by atoms with van der Waals surface area (Å²) in [6, 6.07) is 15.8. The summed E-state index contributed by atoms with van der Waals surface area (Å²) >= 11 is 5.93. The van der Waals surface area contributed by atoms with Crippen LogP contribution in [0.2, 0.25) is 5.02 Å². The highest BCUT2D eigenvalue weighted by Crippen LogP contribution is 2.54. The Bertz CT molecular complexity index is 614. The second-order valence-electron chi connectivity index (χ2n) is 5.60. The third kappa shape index (κ3) is 2.97. The van der Waals surface area contributed by atoms with E-state index in [4.69, 9.17) is 11.6 Å². The van der Waals surface area contributed by atoms with E-state index in [1.807, 2.05) is 18.2 Å². The number of rotatable bonds is 5. The summed E-state index contributed by atoms with van der Waals surface area (Å²) in [5, 5.41) is 3.63. The lowest BCUT2D eigenvalue weighted by Crippen LogP contribution is -2.24. The third-order valence-electron chi connectivity index (χ3n) is 4.24. The lowest BCUT2D eigenvalue weighted by molar-refractivity contribution is 0.462. The monoisotopic (exact) mass is 303 g/mol. The molecule has 0 bridgehead atoms. The summed E-state index contributed by atoms with van der Waals surface area (Å²) in [5.74, 6) is 0.651. The summed E-state index contributed by atoms with van der Waals surface area (Å²) in [7, 11) is 0. The molecular weight excluding hydrogens is 285 g/mol. The van der Waals surface area contributed by atoms with Crippen molar-refractivity contribution in [2.75, 3.05) is 6.54 Å². The van der Waals surface area contributed by atoms with Crippen molar-refractivity contribution in [2.24, 2.45) is 5.92 Å². The van der Waals surface area contributed by atoms with Gasteiger partial charge in [0.1, 0.15) is 5.82 Å². The fraction of sp³-hybridized carbons (Fsp3) is 0.333. The zero-order chi connectivity index (χ0) is 14.8. The molecular formula is C18H19ClFN. The van der Waals surface area contributed by atoms with Crippen molar-refractivity contribution in [3.8, 4) is 0 Å². The van der Waals surface area contributed by atoms with E-state index in [0.717, 1.165) is 13.0 Å². The Balaban J connectivity index is 1.85. The molecule has 3 rings (SSSR count). The van der Waals surface area contributed by atoms with E-state index in [2.05, 4.69) is 36.5 Å². The lowest BCUT2D eigenvalue weighted by Gasteiger charge is -2.20. The summed E-state index contributed by atoms with van der Waals surface area (Å²) in [6.45, 7) is 2.87. The zero-order valence-corrected chi connectivity index (χ0v) is 12.8. The van der Waals surface area contributed by atoms with Gasteiger partial charge in [0.2, 0.25) is 0 Å². The maximum absolute atomic E-state index is 14.3. The number of halogens is 2. The molecule has 3 heteroatoms. The lowest BCUT2D eigenvalue weighted by atomic mass is 9.98. The number of hydrogen-bond acceptors (Lipinski definition) is 1. The van der Waals surface area contributed by atoms with Crippen LogP contribution in [0.15, 0.2) is 48.5 Å². The highest BCUT2D eigenvalue weighted by molar-refractivity contribution is 6.30. The summed E-state index contributed by atoms with van der Waals surface area (Å²) in [4.78, 5) is 0. The Kier molecular flexibility index (Phi) is 4.27. The van der Waals surface area contributed by atoms with Crippen LogP contribution in [-0.2, 0) is 0 Å². The van der Waals surface area contributed by atoms with Crippen LogP contribution >= 0.6 is 11.6 Å². The Morgan fingerprint density at radius 2 is 1.95 bits per heavy atom. The molecule has 2 aromatic rings. The number of hydrogen-bond donors (Lipinski definition) is 1. The molecule has 3 unspecified atom stereocenters. The van der Waals surface area contributed by atoms with E-state index < -0.39 is 0 Å². The SMILES string of the molecule is CCNC(c1cccc(Cl)c1F)C1CC1c1ccccc1. The minimum atomic E-state index is -0.288. The molecule has 0 radical (unpaired) electrons. The van der Waals surface area contributed by atoms with Gasteiger partial charge in [0.15, 0.2) is 0 Å². The van der Waals surface area contributed by atoms with Gasteiger partial charge in [-0.2, -0.15) is 0 Å². The van der Waals surface area contributed by atoms with Gasteiger partial charge in [0.25, 0.3) is 0 Å². The Morgan fingerprint density at radius 1 is 1.19 bits per heavy atom. The molecule has 0 spiro atoms. The van der Waals surface area contributed by atoms with Crippen molar-refractivity contribution in [3.05, 3.63) is 70.5 Å². The van der Waals surface area contributed by atoms with Crippen molar-refractivity contribution in [1.82, 2.24) is 5.32 Å². The normalized spacial score (nSPS) is 22.0. The van der Waals surface area contributed by atoms with Crippen LogP contribution in [0.1, 0.15) is 36.4 Å². The molecule has 1 aliphatic rings. The van der Waals surface area contributed by atoms with Crippen LogP contribution in [0, 0.1) is 11.7 Å². The van der Waals surface area contributed by atoms with E-state index >= 15 is 0 Å². The average Bonchev–Trinajstić information content (AvgIpc) is 3.29. The van der Waals surface area contributed by atoms with Crippen molar-refractivity contribution >= 4 is 11.6 Å². The van der Waals surface area contributed by atoms with Gasteiger partial charge in [0, 0.05) is 11.6 Å². The Morgan fingerprint density at radius 3 is 2.67 bits per heavy atom. The van der Waals surface area contributed by atoms with Gasteiger partial charge in [-0.15, -0.1) is 0 Å². The molecule has 0 saturated heterocycles. The quantitative estimate of drug-likeness (QED) is 0.825. The number of nitrogens with one attached hydrogen (secondary N) is 1. The molecule has 110 valence electrons. The highest BCUT2D eigenvalue weighted by atomic mass is 35.5. The highest BCUT2D eigenvalue weighted by Gasteiger charge is 2.44. The predicted octanol–water partition coefficient (Wildman–Crippen LogP) is 4.93. The summed E-state index contributed by atoms with van der Waals surface area (Å²) in [5.41, 5.74) is 2.03. The molecule has 1 N–H and O–H groups in total. The standard InChI is InChI=1S/C18H19ClFN/c1-2-21-18(13-9-6-10-16(19)17(13)20)15-11-14(15)12-7-4-3-5-8-12/h3-10,14-15,18,21H,2,11H2,1H3. The van der Waals surface area contributed by atoms with E-state index in [9.17, 15) is 4.39 Å². The van der Waals surface area contributed by atoms with Gasteiger partial charge in [-0.3, -0.25) is 0 Å². The van der Waals surface area contributed by atoms with Crippen molar-refractivity contribution < 1.29 is 4.39 Å². The van der Waals surface area contributed by atoms with Gasteiger partial charge >= 0.3 is 0 Å². The van der Waals surface area contributed by atoms with Crippen LogP contribution in [-0.4, -0.2) is 6.54 Å². The molecule has 1 saturated carbocycles. The third-order valence-corrected chi connectivity index (χ3v) is 4.53. The predicted molar refractivity (Wildman–Crippen MR) is 85.1 cm³/mol. The Labute approximate surface area is 130 Å².